The fourth-order valence-corrected chi connectivity index (χ4v) is 2.42. The van der Waals surface area contributed by atoms with E-state index in [2.05, 4.69) is 24.1 Å². The lowest BCUT2D eigenvalue weighted by Crippen LogP contribution is -2.37. The smallest absolute Gasteiger partial charge is 0.408 e. The van der Waals surface area contributed by atoms with Crippen LogP contribution in [0.25, 0.3) is 0 Å². The number of hydrogen-bond donors (Lipinski definition) is 2. The minimum atomic E-state index is -0.567. The van der Waals surface area contributed by atoms with E-state index in [1.807, 2.05) is 4.57 Å². The summed E-state index contributed by atoms with van der Waals surface area (Å²) in [4.78, 5) is 16.0. The van der Waals surface area contributed by atoms with Crippen LogP contribution in [0.15, 0.2) is 12.5 Å². The van der Waals surface area contributed by atoms with E-state index >= 15 is 0 Å². The van der Waals surface area contributed by atoms with Crippen LogP contribution in [0.3, 0.4) is 0 Å². The third-order valence-electron chi connectivity index (χ3n) is 3.72. The first-order valence-corrected chi connectivity index (χ1v) is 7.26. The van der Waals surface area contributed by atoms with E-state index < -0.39 is 17.7 Å². The molecular weight excluding hydrogens is 270 g/mol. The third-order valence-corrected chi connectivity index (χ3v) is 3.72. The van der Waals surface area contributed by atoms with Gasteiger partial charge in [-0.15, -0.1) is 0 Å². The van der Waals surface area contributed by atoms with Gasteiger partial charge in [-0.25, -0.2) is 9.78 Å². The molecule has 2 unspecified atom stereocenters. The van der Waals surface area contributed by atoms with E-state index in [1.165, 1.54) is 0 Å². The van der Waals surface area contributed by atoms with E-state index in [4.69, 9.17) is 4.74 Å². The van der Waals surface area contributed by atoms with Gasteiger partial charge in [-0.05, 0) is 32.6 Å². The van der Waals surface area contributed by atoms with Crippen molar-refractivity contribution in [1.29, 1.82) is 0 Å². The van der Waals surface area contributed by atoms with Crippen molar-refractivity contribution in [2.45, 2.75) is 58.7 Å². The van der Waals surface area contributed by atoms with Gasteiger partial charge in [0, 0.05) is 6.04 Å². The zero-order chi connectivity index (χ0) is 15.8. The molecule has 1 amide bonds. The highest BCUT2D eigenvalue weighted by Gasteiger charge is 2.48. The van der Waals surface area contributed by atoms with Crippen molar-refractivity contribution in [2.75, 3.05) is 6.61 Å². The summed E-state index contributed by atoms with van der Waals surface area (Å²) in [6.07, 6.45) is 3.98. The molecule has 2 N–H and O–H groups in total. The molecule has 1 aromatic heterocycles. The van der Waals surface area contributed by atoms with Crippen LogP contribution in [0.4, 0.5) is 4.79 Å². The van der Waals surface area contributed by atoms with Gasteiger partial charge in [0.05, 0.1) is 30.9 Å². The molecule has 6 heteroatoms. The van der Waals surface area contributed by atoms with Gasteiger partial charge in [0.1, 0.15) is 5.60 Å². The first-order chi connectivity index (χ1) is 9.64. The van der Waals surface area contributed by atoms with Crippen molar-refractivity contribution in [3.63, 3.8) is 0 Å². The lowest BCUT2D eigenvalue weighted by atomic mass is 10.1. The lowest BCUT2D eigenvalue weighted by Gasteiger charge is -2.23. The highest BCUT2D eigenvalue weighted by Crippen LogP contribution is 2.56. The Morgan fingerprint density at radius 3 is 2.71 bits per heavy atom. The fourth-order valence-electron chi connectivity index (χ4n) is 2.42. The molecule has 6 nitrogen and oxygen atoms in total. The summed E-state index contributed by atoms with van der Waals surface area (Å²) in [5, 5.41) is 12.3. The van der Waals surface area contributed by atoms with E-state index in [1.54, 1.807) is 33.3 Å². The monoisotopic (exact) mass is 295 g/mol. The van der Waals surface area contributed by atoms with Crippen LogP contribution in [0.1, 0.15) is 58.8 Å². The predicted octanol–water partition coefficient (Wildman–Crippen LogP) is 2.41. The van der Waals surface area contributed by atoms with Crippen LogP contribution < -0.4 is 5.32 Å². The normalized spacial score (nSPS) is 21.7. The van der Waals surface area contributed by atoms with Gasteiger partial charge in [0.2, 0.25) is 0 Å². The Bertz CT molecular complexity index is 516. The highest BCUT2D eigenvalue weighted by molar-refractivity contribution is 5.68. The molecule has 118 valence electrons. The number of nitrogens with one attached hydrogen (secondary N) is 1. The maximum Gasteiger partial charge on any atom is 0.408 e. The van der Waals surface area contributed by atoms with E-state index in [0.29, 0.717) is 6.04 Å². The summed E-state index contributed by atoms with van der Waals surface area (Å²) in [5.74, 6) is 0. The summed E-state index contributed by atoms with van der Waals surface area (Å²) in [6.45, 7) is 9.60. The van der Waals surface area contributed by atoms with Crippen LogP contribution >= 0.6 is 0 Å². The van der Waals surface area contributed by atoms with Crippen molar-refractivity contribution in [3.8, 4) is 0 Å². The zero-order valence-electron chi connectivity index (χ0n) is 13.4. The van der Waals surface area contributed by atoms with Crippen LogP contribution in [-0.2, 0) is 4.74 Å². The zero-order valence-corrected chi connectivity index (χ0v) is 13.4. The first kappa shape index (κ1) is 15.8. The van der Waals surface area contributed by atoms with E-state index in [-0.39, 0.29) is 12.0 Å². The molecule has 2 rings (SSSR count). The van der Waals surface area contributed by atoms with Crippen molar-refractivity contribution in [1.82, 2.24) is 14.9 Å². The maximum atomic E-state index is 11.9. The second kappa shape index (κ2) is 5.33. The Morgan fingerprint density at radius 1 is 1.62 bits per heavy atom. The largest absolute Gasteiger partial charge is 0.444 e. The van der Waals surface area contributed by atoms with Crippen LogP contribution in [0.5, 0.6) is 0 Å². The minimum Gasteiger partial charge on any atom is -0.444 e. The third kappa shape index (κ3) is 3.75. The van der Waals surface area contributed by atoms with Gasteiger partial charge in [-0.2, -0.15) is 0 Å². The molecule has 1 fully saturated rings. The molecular formula is C15H25N3O3. The number of aromatic nitrogens is 2. The van der Waals surface area contributed by atoms with Crippen LogP contribution in [-0.4, -0.2) is 33.0 Å². The summed E-state index contributed by atoms with van der Waals surface area (Å²) < 4.78 is 7.27. The first-order valence-electron chi connectivity index (χ1n) is 7.26. The second-order valence-electron chi connectivity index (χ2n) is 7.32. The van der Waals surface area contributed by atoms with Gasteiger partial charge in [-0.3, -0.25) is 0 Å². The number of rotatable bonds is 4. The molecule has 2 atom stereocenters. The Balaban J connectivity index is 2.09. The number of hydrogen-bond acceptors (Lipinski definition) is 4. The predicted molar refractivity (Wildman–Crippen MR) is 78.9 cm³/mol. The summed E-state index contributed by atoms with van der Waals surface area (Å²) in [7, 11) is 0. The van der Waals surface area contributed by atoms with Crippen LogP contribution in [0, 0.1) is 5.41 Å². The van der Waals surface area contributed by atoms with E-state index in [9.17, 15) is 9.90 Å². The standard InChI is InChI=1S/C15H25N3O3/c1-14(2,3)21-13(20)17-10(8-19)11-7-16-9-18(11)12-6-15(12,4)5/h7,9-10,12,19H,6,8H2,1-5H3,(H,17,20). The van der Waals surface area contributed by atoms with Gasteiger partial charge in [0.15, 0.2) is 0 Å². The number of ether oxygens (including phenoxy) is 1. The number of amides is 1. The summed E-state index contributed by atoms with van der Waals surface area (Å²) >= 11 is 0. The fraction of sp³-hybridized carbons (Fsp3) is 0.733. The van der Waals surface area contributed by atoms with Gasteiger partial charge in [0.25, 0.3) is 0 Å². The topological polar surface area (TPSA) is 76.4 Å². The van der Waals surface area contributed by atoms with Crippen molar-refractivity contribution >= 4 is 6.09 Å². The van der Waals surface area contributed by atoms with Crippen LogP contribution in [0.2, 0.25) is 0 Å². The molecule has 1 heterocycles. The Labute approximate surface area is 125 Å². The molecule has 1 aromatic rings. The van der Waals surface area contributed by atoms with Crippen molar-refractivity contribution < 1.29 is 14.6 Å². The molecule has 0 bridgehead atoms. The Kier molecular flexibility index (Phi) is 4.02. The molecule has 0 aromatic carbocycles. The number of imidazole rings is 1. The van der Waals surface area contributed by atoms with Gasteiger partial charge >= 0.3 is 6.09 Å². The van der Waals surface area contributed by atoms with Crippen molar-refractivity contribution in [2.24, 2.45) is 5.41 Å². The molecule has 1 aliphatic rings. The van der Waals surface area contributed by atoms with Crippen molar-refractivity contribution in [3.05, 3.63) is 18.2 Å². The SMILES string of the molecule is CC(C)(C)OC(=O)NC(CO)c1cncn1C1CC1(C)C. The highest BCUT2D eigenvalue weighted by atomic mass is 16.6. The second-order valence-corrected chi connectivity index (χ2v) is 7.32. The minimum absolute atomic E-state index is 0.196. The molecule has 1 saturated carbocycles. The Hall–Kier alpha value is -1.56. The average molecular weight is 295 g/mol. The maximum absolute atomic E-state index is 11.9. The molecule has 0 saturated heterocycles. The molecule has 1 aliphatic carbocycles. The van der Waals surface area contributed by atoms with Gasteiger partial charge in [-0.1, -0.05) is 13.8 Å². The lowest BCUT2D eigenvalue weighted by molar-refractivity contribution is 0.0478. The number of carbonyl (C=O) groups excluding carboxylic acids is 1. The quantitative estimate of drug-likeness (QED) is 0.894. The molecule has 0 radical (unpaired) electrons. The molecule has 0 spiro atoms. The number of aliphatic hydroxyl groups is 1. The number of nitrogens with zero attached hydrogens (tertiary/aromatic N) is 2. The number of aliphatic hydroxyl groups excluding tert-OH is 1. The average Bonchev–Trinajstić information content (AvgIpc) is 2.76. The summed E-state index contributed by atoms with van der Waals surface area (Å²) in [5.41, 5.74) is 0.475. The molecule has 21 heavy (non-hydrogen) atoms. The molecule has 0 aliphatic heterocycles. The Morgan fingerprint density at radius 2 is 2.24 bits per heavy atom. The number of alkyl carbamates (subject to hydrolysis) is 1. The van der Waals surface area contributed by atoms with Gasteiger partial charge < -0.3 is 19.7 Å². The van der Waals surface area contributed by atoms with E-state index in [0.717, 1.165) is 12.1 Å². The summed E-state index contributed by atoms with van der Waals surface area (Å²) in [6, 6.07) is -0.150. The number of carbonyl (C=O) groups is 1.